The maximum Gasteiger partial charge on any atom is 0.123 e. The van der Waals surface area contributed by atoms with Crippen molar-refractivity contribution in [2.45, 2.75) is 77.2 Å². The van der Waals surface area contributed by atoms with Crippen molar-refractivity contribution >= 4 is 11.8 Å². The smallest absolute Gasteiger partial charge is 0.123 e. The maximum absolute atomic E-state index is 12.9. The van der Waals surface area contributed by atoms with Crippen molar-refractivity contribution in [3.05, 3.63) is 35.6 Å². The molecule has 0 aliphatic heterocycles. The van der Waals surface area contributed by atoms with E-state index in [1.165, 1.54) is 75.0 Å². The number of benzene rings is 1. The Morgan fingerprint density at radius 1 is 0.870 bits per heavy atom. The normalized spacial score (nSPS) is 12.5. The molecule has 1 rings (SSSR count). The number of hydrogen-bond acceptors (Lipinski definition) is 2. The second kappa shape index (κ2) is 13.9. The fourth-order valence-electron chi connectivity index (χ4n) is 2.72. The molecule has 3 heteroatoms. The SMILES string of the molecule is CCCCCCCCCCSCCCC(N)c1ccc(F)cc1. The van der Waals surface area contributed by atoms with Crippen molar-refractivity contribution in [1.82, 2.24) is 0 Å². The first-order valence-electron chi connectivity index (χ1n) is 9.33. The molecule has 0 saturated carbocycles. The first-order valence-corrected chi connectivity index (χ1v) is 10.5. The van der Waals surface area contributed by atoms with E-state index in [2.05, 4.69) is 6.92 Å². The van der Waals surface area contributed by atoms with Crippen LogP contribution in [-0.2, 0) is 0 Å². The van der Waals surface area contributed by atoms with Gasteiger partial charge in [0.15, 0.2) is 0 Å². The van der Waals surface area contributed by atoms with E-state index in [1.54, 1.807) is 12.1 Å². The van der Waals surface area contributed by atoms with Crippen molar-refractivity contribution in [3.8, 4) is 0 Å². The van der Waals surface area contributed by atoms with Crippen LogP contribution in [-0.4, -0.2) is 11.5 Å². The first-order chi connectivity index (χ1) is 11.2. The summed E-state index contributed by atoms with van der Waals surface area (Å²) in [6.45, 7) is 2.27. The summed E-state index contributed by atoms with van der Waals surface area (Å²) in [5.41, 5.74) is 7.18. The highest BCUT2D eigenvalue weighted by Gasteiger charge is 2.05. The van der Waals surface area contributed by atoms with Gasteiger partial charge in [-0.1, -0.05) is 64.0 Å². The molecule has 0 aliphatic rings. The van der Waals surface area contributed by atoms with E-state index in [0.29, 0.717) is 0 Å². The minimum Gasteiger partial charge on any atom is -0.324 e. The molecule has 2 N–H and O–H groups in total. The largest absolute Gasteiger partial charge is 0.324 e. The molecule has 0 fully saturated rings. The lowest BCUT2D eigenvalue weighted by Gasteiger charge is -2.11. The van der Waals surface area contributed by atoms with Crippen LogP contribution in [0, 0.1) is 5.82 Å². The van der Waals surface area contributed by atoms with E-state index >= 15 is 0 Å². The lowest BCUT2D eigenvalue weighted by Crippen LogP contribution is -2.10. The molecule has 0 amide bonds. The van der Waals surface area contributed by atoms with E-state index in [4.69, 9.17) is 5.73 Å². The van der Waals surface area contributed by atoms with E-state index in [0.717, 1.165) is 18.4 Å². The molecule has 0 bridgehead atoms. The topological polar surface area (TPSA) is 26.0 Å². The number of hydrogen-bond donors (Lipinski definition) is 1. The Labute approximate surface area is 146 Å². The van der Waals surface area contributed by atoms with Gasteiger partial charge in [-0.25, -0.2) is 4.39 Å². The Bertz CT molecular complexity index is 380. The number of unbranched alkanes of at least 4 members (excludes halogenated alkanes) is 7. The highest BCUT2D eigenvalue weighted by Crippen LogP contribution is 2.18. The minimum atomic E-state index is -0.193. The average Bonchev–Trinajstić information content (AvgIpc) is 2.56. The number of nitrogens with two attached hydrogens (primary N) is 1. The second-order valence-electron chi connectivity index (χ2n) is 6.39. The van der Waals surface area contributed by atoms with Crippen LogP contribution in [0.25, 0.3) is 0 Å². The fraction of sp³-hybridized carbons (Fsp3) is 0.700. The van der Waals surface area contributed by atoms with E-state index in [1.807, 2.05) is 11.8 Å². The zero-order valence-corrected chi connectivity index (χ0v) is 15.6. The van der Waals surface area contributed by atoms with Crippen LogP contribution >= 0.6 is 11.8 Å². The number of rotatable bonds is 14. The van der Waals surface area contributed by atoms with Crippen molar-refractivity contribution < 1.29 is 4.39 Å². The van der Waals surface area contributed by atoms with Gasteiger partial charge in [0.05, 0.1) is 0 Å². The van der Waals surface area contributed by atoms with Gasteiger partial charge in [-0.3, -0.25) is 0 Å². The van der Waals surface area contributed by atoms with Crippen LogP contribution in [0.15, 0.2) is 24.3 Å². The van der Waals surface area contributed by atoms with Crippen LogP contribution in [0.3, 0.4) is 0 Å². The molecule has 1 unspecified atom stereocenters. The van der Waals surface area contributed by atoms with Crippen LogP contribution < -0.4 is 5.73 Å². The molecule has 23 heavy (non-hydrogen) atoms. The lowest BCUT2D eigenvalue weighted by molar-refractivity contribution is 0.586. The molecule has 0 aromatic heterocycles. The van der Waals surface area contributed by atoms with Crippen LogP contribution in [0.2, 0.25) is 0 Å². The van der Waals surface area contributed by atoms with Gasteiger partial charge in [0.25, 0.3) is 0 Å². The van der Waals surface area contributed by atoms with Gasteiger partial charge in [0.2, 0.25) is 0 Å². The highest BCUT2D eigenvalue weighted by molar-refractivity contribution is 7.99. The Kier molecular flexibility index (Phi) is 12.4. The zero-order valence-electron chi connectivity index (χ0n) is 14.7. The van der Waals surface area contributed by atoms with Gasteiger partial charge >= 0.3 is 0 Å². The summed E-state index contributed by atoms with van der Waals surface area (Å²) in [7, 11) is 0. The summed E-state index contributed by atoms with van der Waals surface area (Å²) in [5.74, 6) is 2.27. The average molecular weight is 340 g/mol. The molecular formula is C20H34FNS. The molecule has 0 radical (unpaired) electrons. The molecule has 0 heterocycles. The molecule has 1 aromatic carbocycles. The van der Waals surface area contributed by atoms with Gasteiger partial charge in [-0.2, -0.15) is 11.8 Å². The third kappa shape index (κ3) is 10.8. The summed E-state index contributed by atoms with van der Waals surface area (Å²) in [5, 5.41) is 0. The van der Waals surface area contributed by atoms with Crippen molar-refractivity contribution in [1.29, 1.82) is 0 Å². The van der Waals surface area contributed by atoms with Crippen molar-refractivity contribution in [2.24, 2.45) is 5.73 Å². The van der Waals surface area contributed by atoms with Gasteiger partial charge in [0.1, 0.15) is 5.82 Å². The van der Waals surface area contributed by atoms with Crippen LogP contribution in [0.1, 0.15) is 82.7 Å². The molecule has 0 spiro atoms. The van der Waals surface area contributed by atoms with Crippen LogP contribution in [0.5, 0.6) is 0 Å². The minimum absolute atomic E-state index is 0.0410. The third-order valence-electron chi connectivity index (χ3n) is 4.24. The Morgan fingerprint density at radius 2 is 1.43 bits per heavy atom. The summed E-state index contributed by atoms with van der Waals surface area (Å²) in [6, 6.07) is 6.62. The quantitative estimate of drug-likeness (QED) is 0.393. The summed E-state index contributed by atoms with van der Waals surface area (Å²) < 4.78 is 12.9. The van der Waals surface area contributed by atoms with Gasteiger partial charge < -0.3 is 5.73 Å². The molecule has 0 saturated heterocycles. The predicted octanol–water partition coefficient (Wildman–Crippen LogP) is 6.48. The molecular weight excluding hydrogens is 305 g/mol. The highest BCUT2D eigenvalue weighted by atomic mass is 32.2. The van der Waals surface area contributed by atoms with Crippen molar-refractivity contribution in [2.75, 3.05) is 11.5 Å². The molecule has 1 aromatic rings. The summed E-state index contributed by atoms with van der Waals surface area (Å²) in [6.07, 6.45) is 13.2. The fourth-order valence-corrected chi connectivity index (χ4v) is 3.71. The summed E-state index contributed by atoms with van der Waals surface area (Å²) >= 11 is 2.05. The molecule has 132 valence electrons. The molecule has 1 atom stereocenters. The Balaban J connectivity index is 1.88. The number of halogens is 1. The van der Waals surface area contributed by atoms with Gasteiger partial charge in [-0.15, -0.1) is 0 Å². The van der Waals surface area contributed by atoms with Gasteiger partial charge in [-0.05, 0) is 48.5 Å². The monoisotopic (exact) mass is 339 g/mol. The maximum atomic E-state index is 12.9. The lowest BCUT2D eigenvalue weighted by atomic mass is 10.0. The summed E-state index contributed by atoms with van der Waals surface area (Å²) in [4.78, 5) is 0. The number of thioether (sulfide) groups is 1. The zero-order chi connectivity index (χ0) is 16.8. The standard InChI is InChI=1S/C20H34FNS/c1-2-3-4-5-6-7-8-9-16-23-17-10-11-20(22)18-12-14-19(21)15-13-18/h12-15,20H,2-11,16-17,22H2,1H3. The predicted molar refractivity (Wildman–Crippen MR) is 102 cm³/mol. The second-order valence-corrected chi connectivity index (χ2v) is 7.61. The van der Waals surface area contributed by atoms with Crippen LogP contribution in [0.4, 0.5) is 4.39 Å². The third-order valence-corrected chi connectivity index (χ3v) is 5.40. The van der Waals surface area contributed by atoms with E-state index < -0.39 is 0 Å². The Hall–Kier alpha value is -0.540. The van der Waals surface area contributed by atoms with Crippen molar-refractivity contribution in [3.63, 3.8) is 0 Å². The van der Waals surface area contributed by atoms with Gasteiger partial charge in [0, 0.05) is 6.04 Å². The molecule has 0 aliphatic carbocycles. The Morgan fingerprint density at radius 3 is 2.09 bits per heavy atom. The molecule has 1 nitrogen and oxygen atoms in total. The van der Waals surface area contributed by atoms with E-state index in [-0.39, 0.29) is 11.9 Å². The van der Waals surface area contributed by atoms with E-state index in [9.17, 15) is 4.39 Å². The first kappa shape index (κ1) is 20.5.